The summed E-state index contributed by atoms with van der Waals surface area (Å²) in [5.74, 6) is 1.38. The Hall–Kier alpha value is -2.98. The fraction of sp³-hybridized carbons (Fsp3) is 0.444. The highest BCUT2D eigenvalue weighted by atomic mass is 16.5. The lowest BCUT2D eigenvalue weighted by molar-refractivity contribution is -0.126. The average Bonchev–Trinajstić information content (AvgIpc) is 3.16. The zero-order chi connectivity index (χ0) is 20.1. The molecule has 2 atom stereocenters. The lowest BCUT2D eigenvalue weighted by Crippen LogP contribution is -2.29. The van der Waals surface area contributed by atoms with Crippen LogP contribution in [-0.2, 0) is 16.1 Å². The standard InChI is InChI=1S/C18H25N7O3/c1-25(2)18-23-15(22-17(20)24-18)10-27-12-5-3-4-11(8-12)21-16(26)14-7-6-13(9-19)28-14/h3-5,8,13-14H,6-7,9-10,19H2,1-2H3,(H,21,26)(H2,20,22,23,24)/t13-,14+/m1/s1. The Bertz CT molecular complexity index is 831. The van der Waals surface area contributed by atoms with Crippen LogP contribution in [0.1, 0.15) is 18.7 Å². The number of aromatic nitrogens is 3. The summed E-state index contributed by atoms with van der Waals surface area (Å²) >= 11 is 0. The van der Waals surface area contributed by atoms with Crippen LogP contribution < -0.4 is 26.4 Å². The minimum atomic E-state index is -0.476. The van der Waals surface area contributed by atoms with Crippen LogP contribution in [0.15, 0.2) is 24.3 Å². The number of nitrogens with zero attached hydrogens (tertiary/aromatic N) is 4. The first-order valence-corrected chi connectivity index (χ1v) is 9.01. The van der Waals surface area contributed by atoms with Crippen LogP contribution in [0, 0.1) is 0 Å². The van der Waals surface area contributed by atoms with E-state index in [9.17, 15) is 4.79 Å². The van der Waals surface area contributed by atoms with Crippen LogP contribution in [-0.4, -0.2) is 53.7 Å². The van der Waals surface area contributed by atoms with Crippen LogP contribution in [0.3, 0.4) is 0 Å². The van der Waals surface area contributed by atoms with Crippen molar-refractivity contribution in [3.63, 3.8) is 0 Å². The number of amides is 1. The molecular weight excluding hydrogens is 362 g/mol. The summed E-state index contributed by atoms with van der Waals surface area (Å²) in [5.41, 5.74) is 11.9. The molecule has 0 spiro atoms. The van der Waals surface area contributed by atoms with Gasteiger partial charge in [-0.25, -0.2) is 0 Å². The molecule has 1 saturated heterocycles. The maximum Gasteiger partial charge on any atom is 0.253 e. The molecule has 0 radical (unpaired) electrons. The maximum atomic E-state index is 12.3. The van der Waals surface area contributed by atoms with Crippen molar-refractivity contribution in [1.82, 2.24) is 15.0 Å². The topological polar surface area (TPSA) is 142 Å². The van der Waals surface area contributed by atoms with Gasteiger partial charge in [0.25, 0.3) is 5.91 Å². The number of benzene rings is 1. The normalized spacial score (nSPS) is 18.7. The predicted molar refractivity (Wildman–Crippen MR) is 105 cm³/mol. The van der Waals surface area contributed by atoms with E-state index in [1.54, 1.807) is 29.2 Å². The van der Waals surface area contributed by atoms with E-state index in [-0.39, 0.29) is 24.6 Å². The van der Waals surface area contributed by atoms with Gasteiger partial charge in [-0.2, -0.15) is 15.0 Å². The van der Waals surface area contributed by atoms with Gasteiger partial charge >= 0.3 is 0 Å². The third-order valence-electron chi connectivity index (χ3n) is 4.22. The molecule has 1 aliphatic rings. The highest BCUT2D eigenvalue weighted by molar-refractivity contribution is 5.94. The second-order valence-electron chi connectivity index (χ2n) is 6.67. The largest absolute Gasteiger partial charge is 0.486 e. The van der Waals surface area contributed by atoms with E-state index in [0.29, 0.717) is 36.2 Å². The van der Waals surface area contributed by atoms with Gasteiger partial charge in [0.1, 0.15) is 18.5 Å². The number of nitrogen functional groups attached to an aromatic ring is 1. The van der Waals surface area contributed by atoms with Gasteiger partial charge in [-0.15, -0.1) is 0 Å². The van der Waals surface area contributed by atoms with Crippen LogP contribution in [0.4, 0.5) is 17.6 Å². The van der Waals surface area contributed by atoms with Crippen molar-refractivity contribution < 1.29 is 14.3 Å². The van der Waals surface area contributed by atoms with Gasteiger partial charge < -0.3 is 31.2 Å². The van der Waals surface area contributed by atoms with Crippen molar-refractivity contribution in [2.75, 3.05) is 36.6 Å². The molecular formula is C18H25N7O3. The van der Waals surface area contributed by atoms with Gasteiger partial charge in [0.15, 0.2) is 5.82 Å². The lowest BCUT2D eigenvalue weighted by atomic mass is 10.2. The number of hydrogen-bond acceptors (Lipinski definition) is 9. The first-order valence-electron chi connectivity index (χ1n) is 9.01. The molecule has 0 bridgehead atoms. The molecule has 0 unspecified atom stereocenters. The molecule has 1 aromatic carbocycles. The van der Waals surface area contributed by atoms with E-state index >= 15 is 0 Å². The van der Waals surface area contributed by atoms with Crippen LogP contribution >= 0.6 is 0 Å². The molecule has 1 fully saturated rings. The van der Waals surface area contributed by atoms with E-state index in [1.807, 2.05) is 14.1 Å². The molecule has 1 aromatic heterocycles. The van der Waals surface area contributed by atoms with Crippen LogP contribution in [0.5, 0.6) is 5.75 Å². The molecule has 2 aromatic rings. The maximum absolute atomic E-state index is 12.3. The molecule has 10 nitrogen and oxygen atoms in total. The molecule has 1 aliphatic heterocycles. The summed E-state index contributed by atoms with van der Waals surface area (Å²) < 4.78 is 11.4. The van der Waals surface area contributed by atoms with Gasteiger partial charge in [-0.1, -0.05) is 6.07 Å². The zero-order valence-electron chi connectivity index (χ0n) is 16.0. The minimum Gasteiger partial charge on any atom is -0.486 e. The number of anilines is 3. The molecule has 5 N–H and O–H groups in total. The summed E-state index contributed by atoms with van der Waals surface area (Å²) in [4.78, 5) is 26.5. The van der Waals surface area contributed by atoms with E-state index in [0.717, 1.165) is 6.42 Å². The van der Waals surface area contributed by atoms with Gasteiger partial charge in [0.2, 0.25) is 11.9 Å². The molecule has 28 heavy (non-hydrogen) atoms. The summed E-state index contributed by atoms with van der Waals surface area (Å²) in [6.45, 7) is 0.541. The van der Waals surface area contributed by atoms with Crippen molar-refractivity contribution in [3.05, 3.63) is 30.1 Å². The Morgan fingerprint density at radius 1 is 1.32 bits per heavy atom. The summed E-state index contributed by atoms with van der Waals surface area (Å²) in [6.07, 6.45) is 0.932. The Kier molecular flexibility index (Phi) is 6.22. The number of nitrogens with one attached hydrogen (secondary N) is 1. The molecule has 2 heterocycles. The molecule has 3 rings (SSSR count). The smallest absolute Gasteiger partial charge is 0.253 e. The van der Waals surface area contributed by atoms with Crippen molar-refractivity contribution in [1.29, 1.82) is 0 Å². The van der Waals surface area contributed by atoms with Crippen molar-refractivity contribution in [2.24, 2.45) is 5.73 Å². The zero-order valence-corrected chi connectivity index (χ0v) is 16.0. The van der Waals surface area contributed by atoms with E-state index in [2.05, 4.69) is 20.3 Å². The molecule has 150 valence electrons. The second kappa shape index (κ2) is 8.81. The van der Waals surface area contributed by atoms with E-state index in [4.69, 9.17) is 20.9 Å². The Labute approximate surface area is 163 Å². The first kappa shape index (κ1) is 19.8. The predicted octanol–water partition coefficient (Wildman–Crippen LogP) is 0.544. The van der Waals surface area contributed by atoms with Gasteiger partial charge in [-0.05, 0) is 25.0 Å². The third kappa shape index (κ3) is 5.05. The Balaban J connectivity index is 1.60. The van der Waals surface area contributed by atoms with Crippen molar-refractivity contribution in [3.8, 4) is 5.75 Å². The summed E-state index contributed by atoms with van der Waals surface area (Å²) in [5, 5.41) is 2.85. The van der Waals surface area contributed by atoms with E-state index in [1.165, 1.54) is 0 Å². The average molecular weight is 387 g/mol. The Morgan fingerprint density at radius 3 is 2.86 bits per heavy atom. The number of rotatable bonds is 7. The highest BCUT2D eigenvalue weighted by Gasteiger charge is 2.29. The number of carbonyl (C=O) groups excluding carboxylic acids is 1. The third-order valence-corrected chi connectivity index (χ3v) is 4.22. The molecule has 10 heteroatoms. The van der Waals surface area contributed by atoms with E-state index < -0.39 is 6.10 Å². The fourth-order valence-electron chi connectivity index (χ4n) is 2.80. The van der Waals surface area contributed by atoms with Crippen LogP contribution in [0.25, 0.3) is 0 Å². The van der Waals surface area contributed by atoms with Crippen molar-refractivity contribution in [2.45, 2.75) is 31.7 Å². The van der Waals surface area contributed by atoms with Crippen molar-refractivity contribution >= 4 is 23.5 Å². The molecule has 0 aliphatic carbocycles. The Morgan fingerprint density at radius 2 is 2.14 bits per heavy atom. The summed E-state index contributed by atoms with van der Waals surface area (Å²) in [7, 11) is 3.63. The van der Waals surface area contributed by atoms with Gasteiger partial charge in [0, 0.05) is 32.4 Å². The number of carbonyl (C=O) groups is 1. The quantitative estimate of drug-likeness (QED) is 0.620. The number of hydrogen-bond donors (Lipinski definition) is 3. The fourth-order valence-corrected chi connectivity index (χ4v) is 2.80. The highest BCUT2D eigenvalue weighted by Crippen LogP contribution is 2.22. The second-order valence-corrected chi connectivity index (χ2v) is 6.67. The molecule has 1 amide bonds. The minimum absolute atomic E-state index is 0.0507. The SMILES string of the molecule is CN(C)c1nc(N)nc(COc2cccc(NC(=O)[C@@H]3CC[C@H](CN)O3)c2)n1. The monoisotopic (exact) mass is 387 g/mol. The number of nitrogens with two attached hydrogens (primary N) is 2. The molecule has 0 saturated carbocycles. The van der Waals surface area contributed by atoms with Gasteiger partial charge in [0.05, 0.1) is 6.10 Å². The number of ether oxygens (including phenoxy) is 2. The van der Waals surface area contributed by atoms with Crippen LogP contribution in [0.2, 0.25) is 0 Å². The lowest BCUT2D eigenvalue weighted by Gasteiger charge is -2.14. The van der Waals surface area contributed by atoms with Gasteiger partial charge in [-0.3, -0.25) is 4.79 Å². The first-order chi connectivity index (χ1) is 13.4. The summed E-state index contributed by atoms with van der Waals surface area (Å²) in [6, 6.07) is 7.08.